The van der Waals surface area contributed by atoms with Gasteiger partial charge < -0.3 is 9.84 Å². The highest BCUT2D eigenvalue weighted by Gasteiger charge is 2.19. The standard InChI is InChI=1S/C20H24FNO3S/c1-3-16(22(4-2)13-20(23)24)14-25-18-10-5-6-11-19(18)26-17-9-7-8-15(21)12-17/h5-12,16H,3-4,13-14H2,1-2H3,(H,23,24). The molecule has 1 atom stereocenters. The highest BCUT2D eigenvalue weighted by molar-refractivity contribution is 7.99. The Labute approximate surface area is 158 Å². The molecule has 1 unspecified atom stereocenters. The van der Waals surface area contributed by atoms with Gasteiger partial charge in [-0.25, -0.2) is 4.39 Å². The van der Waals surface area contributed by atoms with Crippen LogP contribution in [0.2, 0.25) is 0 Å². The summed E-state index contributed by atoms with van der Waals surface area (Å²) >= 11 is 1.44. The van der Waals surface area contributed by atoms with E-state index in [9.17, 15) is 9.18 Å². The van der Waals surface area contributed by atoms with Gasteiger partial charge in [-0.15, -0.1) is 0 Å². The van der Waals surface area contributed by atoms with E-state index in [0.717, 1.165) is 16.2 Å². The molecule has 0 aliphatic rings. The Balaban J connectivity index is 2.08. The molecular weight excluding hydrogens is 353 g/mol. The van der Waals surface area contributed by atoms with Crippen LogP contribution < -0.4 is 4.74 Å². The quantitative estimate of drug-likeness (QED) is 0.659. The highest BCUT2D eigenvalue weighted by Crippen LogP contribution is 2.35. The molecule has 0 radical (unpaired) electrons. The second-order valence-electron chi connectivity index (χ2n) is 5.84. The first-order chi connectivity index (χ1) is 12.5. The molecule has 26 heavy (non-hydrogen) atoms. The van der Waals surface area contributed by atoms with Gasteiger partial charge in [0.25, 0.3) is 0 Å². The largest absolute Gasteiger partial charge is 0.491 e. The van der Waals surface area contributed by atoms with Crippen LogP contribution in [0.4, 0.5) is 4.39 Å². The third-order valence-electron chi connectivity index (χ3n) is 4.04. The zero-order valence-electron chi connectivity index (χ0n) is 15.0. The van der Waals surface area contributed by atoms with Crippen LogP contribution in [0.5, 0.6) is 5.75 Å². The summed E-state index contributed by atoms with van der Waals surface area (Å²) in [4.78, 5) is 14.6. The SMILES string of the molecule is CCC(COc1ccccc1Sc1cccc(F)c1)N(CC)CC(=O)O. The van der Waals surface area contributed by atoms with Crippen molar-refractivity contribution in [2.24, 2.45) is 0 Å². The topological polar surface area (TPSA) is 49.8 Å². The Morgan fingerprint density at radius 1 is 1.23 bits per heavy atom. The molecule has 140 valence electrons. The Morgan fingerprint density at radius 2 is 2.00 bits per heavy atom. The van der Waals surface area contributed by atoms with E-state index in [1.54, 1.807) is 6.07 Å². The van der Waals surface area contributed by atoms with Crippen molar-refractivity contribution in [2.75, 3.05) is 19.7 Å². The lowest BCUT2D eigenvalue weighted by molar-refractivity contribution is -0.139. The summed E-state index contributed by atoms with van der Waals surface area (Å²) in [6.45, 7) is 5.01. The average molecular weight is 377 g/mol. The predicted octanol–water partition coefficient (Wildman–Crippen LogP) is 4.54. The predicted molar refractivity (Wildman–Crippen MR) is 101 cm³/mol. The number of benzene rings is 2. The number of halogens is 1. The summed E-state index contributed by atoms with van der Waals surface area (Å²) in [6.07, 6.45) is 0.792. The number of rotatable bonds is 10. The lowest BCUT2D eigenvalue weighted by atomic mass is 10.2. The van der Waals surface area contributed by atoms with Gasteiger partial charge >= 0.3 is 5.97 Å². The third-order valence-corrected chi connectivity index (χ3v) is 5.08. The van der Waals surface area contributed by atoms with Gasteiger partial charge in [0, 0.05) is 10.9 Å². The number of carbonyl (C=O) groups is 1. The zero-order chi connectivity index (χ0) is 18.9. The Hall–Kier alpha value is -2.05. The molecule has 2 aromatic carbocycles. The molecule has 0 heterocycles. The van der Waals surface area contributed by atoms with E-state index in [2.05, 4.69) is 0 Å². The van der Waals surface area contributed by atoms with Gasteiger partial charge in [-0.3, -0.25) is 9.69 Å². The molecule has 0 amide bonds. The minimum atomic E-state index is -0.840. The van der Waals surface area contributed by atoms with Gasteiger partial charge in [0.05, 0.1) is 11.4 Å². The maximum Gasteiger partial charge on any atom is 0.317 e. The van der Waals surface area contributed by atoms with Crippen LogP contribution >= 0.6 is 11.8 Å². The van der Waals surface area contributed by atoms with Crippen LogP contribution in [0.15, 0.2) is 58.3 Å². The van der Waals surface area contributed by atoms with E-state index in [1.807, 2.05) is 49.1 Å². The monoisotopic (exact) mass is 377 g/mol. The summed E-state index contributed by atoms with van der Waals surface area (Å²) < 4.78 is 19.4. The molecule has 0 saturated heterocycles. The van der Waals surface area contributed by atoms with Gasteiger partial charge in [0.15, 0.2) is 0 Å². The number of carboxylic acid groups (broad SMARTS) is 1. The summed E-state index contributed by atoms with van der Waals surface area (Å²) in [5.41, 5.74) is 0. The second kappa shape index (κ2) is 10.2. The van der Waals surface area contributed by atoms with E-state index in [0.29, 0.717) is 18.9 Å². The van der Waals surface area contributed by atoms with E-state index in [1.165, 1.54) is 23.9 Å². The Bertz CT molecular complexity index is 726. The fourth-order valence-electron chi connectivity index (χ4n) is 2.65. The summed E-state index contributed by atoms with van der Waals surface area (Å²) in [6, 6.07) is 14.1. The van der Waals surface area contributed by atoms with Gasteiger partial charge in [0.1, 0.15) is 18.2 Å². The van der Waals surface area contributed by atoms with Crippen molar-refractivity contribution in [1.82, 2.24) is 4.90 Å². The van der Waals surface area contributed by atoms with Gasteiger partial charge in [-0.05, 0) is 43.3 Å². The number of hydrogen-bond acceptors (Lipinski definition) is 4. The minimum Gasteiger partial charge on any atom is -0.491 e. The van der Waals surface area contributed by atoms with Crippen molar-refractivity contribution in [3.63, 3.8) is 0 Å². The van der Waals surface area contributed by atoms with Crippen molar-refractivity contribution in [3.05, 3.63) is 54.3 Å². The average Bonchev–Trinajstić information content (AvgIpc) is 2.62. The van der Waals surface area contributed by atoms with Crippen molar-refractivity contribution < 1.29 is 19.0 Å². The third kappa shape index (κ3) is 6.04. The first-order valence-electron chi connectivity index (χ1n) is 8.64. The van der Waals surface area contributed by atoms with Crippen molar-refractivity contribution in [3.8, 4) is 5.75 Å². The van der Waals surface area contributed by atoms with Crippen LogP contribution in [-0.4, -0.2) is 41.7 Å². The lowest BCUT2D eigenvalue weighted by Crippen LogP contribution is -2.42. The van der Waals surface area contributed by atoms with Crippen LogP contribution in [0.1, 0.15) is 20.3 Å². The highest BCUT2D eigenvalue weighted by atomic mass is 32.2. The molecule has 2 aromatic rings. The molecule has 0 aliphatic heterocycles. The molecule has 0 spiro atoms. The first-order valence-corrected chi connectivity index (χ1v) is 9.46. The number of hydrogen-bond donors (Lipinski definition) is 1. The number of ether oxygens (including phenoxy) is 1. The number of likely N-dealkylation sites (N-methyl/N-ethyl adjacent to an activating group) is 1. The molecule has 0 bridgehead atoms. The van der Waals surface area contributed by atoms with E-state index in [-0.39, 0.29) is 18.4 Å². The van der Waals surface area contributed by atoms with Crippen LogP contribution in [0, 0.1) is 5.82 Å². The van der Waals surface area contributed by atoms with E-state index in [4.69, 9.17) is 9.84 Å². The maximum atomic E-state index is 13.4. The van der Waals surface area contributed by atoms with Crippen LogP contribution in [0.3, 0.4) is 0 Å². The van der Waals surface area contributed by atoms with Gasteiger partial charge in [-0.1, -0.05) is 43.8 Å². The Morgan fingerprint density at radius 3 is 2.65 bits per heavy atom. The molecule has 0 aliphatic carbocycles. The molecule has 2 rings (SSSR count). The molecular formula is C20H24FNO3S. The normalized spacial score (nSPS) is 12.2. The fourth-order valence-corrected chi connectivity index (χ4v) is 3.60. The maximum absolute atomic E-state index is 13.4. The van der Waals surface area contributed by atoms with E-state index < -0.39 is 5.97 Å². The van der Waals surface area contributed by atoms with Crippen LogP contribution in [0.25, 0.3) is 0 Å². The fraction of sp³-hybridized carbons (Fsp3) is 0.350. The van der Waals surface area contributed by atoms with Gasteiger partial charge in [0.2, 0.25) is 0 Å². The van der Waals surface area contributed by atoms with Crippen LogP contribution in [-0.2, 0) is 4.79 Å². The number of nitrogens with zero attached hydrogens (tertiary/aromatic N) is 1. The summed E-state index contributed by atoms with van der Waals surface area (Å²) in [5.74, 6) is -0.398. The summed E-state index contributed by atoms with van der Waals surface area (Å²) in [7, 11) is 0. The molecule has 6 heteroatoms. The van der Waals surface area contributed by atoms with E-state index >= 15 is 0 Å². The molecule has 0 fully saturated rings. The van der Waals surface area contributed by atoms with Crippen molar-refractivity contribution in [1.29, 1.82) is 0 Å². The number of carboxylic acids is 1. The first kappa shape index (κ1) is 20.3. The molecule has 1 N–H and O–H groups in total. The lowest BCUT2D eigenvalue weighted by Gasteiger charge is -2.28. The minimum absolute atomic E-state index is 0.00193. The summed E-state index contributed by atoms with van der Waals surface area (Å²) in [5, 5.41) is 9.06. The molecule has 0 saturated carbocycles. The Kier molecular flexibility index (Phi) is 7.94. The molecule has 4 nitrogen and oxygen atoms in total. The van der Waals surface area contributed by atoms with Gasteiger partial charge in [-0.2, -0.15) is 0 Å². The second-order valence-corrected chi connectivity index (χ2v) is 6.95. The van der Waals surface area contributed by atoms with Crippen molar-refractivity contribution in [2.45, 2.75) is 36.1 Å². The zero-order valence-corrected chi connectivity index (χ0v) is 15.8. The molecule has 0 aromatic heterocycles. The van der Waals surface area contributed by atoms with Crippen molar-refractivity contribution >= 4 is 17.7 Å². The number of aliphatic carboxylic acids is 1. The smallest absolute Gasteiger partial charge is 0.317 e. The number of para-hydroxylation sites is 1.